The van der Waals surface area contributed by atoms with Gasteiger partial charge in [-0.05, 0) is 104 Å². The second-order valence-electron chi connectivity index (χ2n) is 13.8. The number of carboxylic acids is 1. The molecule has 4 heteroatoms. The Morgan fingerprint density at radius 2 is 1.86 bits per heavy atom. The quantitative estimate of drug-likeness (QED) is 0.133. The molecule has 3 saturated carbocycles. The van der Waals surface area contributed by atoms with Crippen molar-refractivity contribution in [1.82, 2.24) is 0 Å². The summed E-state index contributed by atoms with van der Waals surface area (Å²) in [6.07, 6.45) is 21.2. The number of aliphatic hydroxyl groups is 1. The minimum atomic E-state index is -1.15. The molecule has 3 fully saturated rings. The smallest absolute Gasteiger partial charge is 0.332 e. The molecular weight excluding hydrogens is 460 g/mol. The van der Waals surface area contributed by atoms with Gasteiger partial charge in [0.05, 0.1) is 18.8 Å². The molecule has 0 heterocycles. The number of carbonyl (C=O) groups is 1. The van der Waals surface area contributed by atoms with Gasteiger partial charge in [0.15, 0.2) is 0 Å². The van der Waals surface area contributed by atoms with Crippen LogP contribution in [0.25, 0.3) is 0 Å². The molecule has 0 aromatic carbocycles. The van der Waals surface area contributed by atoms with Crippen LogP contribution in [0.4, 0.5) is 0 Å². The first-order valence-corrected chi connectivity index (χ1v) is 15.2. The third-order valence-electron chi connectivity index (χ3n) is 11.2. The van der Waals surface area contributed by atoms with Crippen LogP contribution in [0.1, 0.15) is 105 Å². The monoisotopic (exact) mass is 512 g/mol. The van der Waals surface area contributed by atoms with Crippen molar-refractivity contribution in [3.63, 3.8) is 0 Å². The number of hydrogen-bond donors (Lipinski definition) is 2. The van der Waals surface area contributed by atoms with Gasteiger partial charge in [-0.25, -0.2) is 4.79 Å². The van der Waals surface area contributed by atoms with Crippen molar-refractivity contribution in [3.05, 3.63) is 35.6 Å². The molecule has 0 saturated heterocycles. The Hall–Kier alpha value is -1.55. The molecule has 0 radical (unpaired) electrons. The number of ether oxygens (including phenoxy) is 1. The zero-order valence-corrected chi connectivity index (χ0v) is 24.0. The summed E-state index contributed by atoms with van der Waals surface area (Å²) in [6, 6.07) is 0. The van der Waals surface area contributed by atoms with Crippen LogP contribution in [-0.2, 0) is 9.53 Å². The Morgan fingerprint density at radius 3 is 2.59 bits per heavy atom. The highest BCUT2D eigenvalue weighted by molar-refractivity contribution is 5.80. The molecule has 37 heavy (non-hydrogen) atoms. The molecule has 0 aliphatic heterocycles. The predicted octanol–water partition coefficient (Wildman–Crippen LogP) is 8.50. The van der Waals surface area contributed by atoms with E-state index in [-0.39, 0.29) is 11.9 Å². The van der Waals surface area contributed by atoms with Gasteiger partial charge >= 0.3 is 5.97 Å². The van der Waals surface area contributed by atoms with Crippen LogP contribution in [0.15, 0.2) is 35.6 Å². The number of rotatable bonds is 10. The number of hydrogen-bond acceptors (Lipinski definition) is 3. The third-order valence-corrected chi connectivity index (χ3v) is 11.2. The number of fused-ring (bicyclic) bond motifs is 5. The lowest BCUT2D eigenvalue weighted by Crippen LogP contribution is -2.51. The zero-order chi connectivity index (χ0) is 26.8. The summed E-state index contributed by atoms with van der Waals surface area (Å²) >= 11 is 0. The van der Waals surface area contributed by atoms with Gasteiger partial charge < -0.3 is 14.9 Å². The SMILES string of the molecule is CC(C)CCC[C@@H](C)[C@H]1CCC2C3CC=C4C[C@@H](OC/C=C/C(O)=C/C(=O)O)CC[C@]4(C)C3CC[C@@]21C. The summed E-state index contributed by atoms with van der Waals surface area (Å²) in [5.41, 5.74) is 2.49. The highest BCUT2D eigenvalue weighted by atomic mass is 16.5. The van der Waals surface area contributed by atoms with Crippen molar-refractivity contribution in [1.29, 1.82) is 0 Å². The number of carboxylic acid groups (broad SMARTS) is 1. The topological polar surface area (TPSA) is 66.8 Å². The van der Waals surface area contributed by atoms with E-state index < -0.39 is 5.97 Å². The molecule has 0 spiro atoms. The van der Waals surface area contributed by atoms with Crippen LogP contribution < -0.4 is 0 Å². The van der Waals surface area contributed by atoms with Gasteiger partial charge in [-0.2, -0.15) is 0 Å². The molecule has 208 valence electrons. The summed E-state index contributed by atoms with van der Waals surface area (Å²) in [4.78, 5) is 10.6. The zero-order valence-electron chi connectivity index (χ0n) is 24.0. The van der Waals surface area contributed by atoms with Gasteiger partial charge in [-0.15, -0.1) is 0 Å². The van der Waals surface area contributed by atoms with Gasteiger partial charge in [0.2, 0.25) is 0 Å². The van der Waals surface area contributed by atoms with Gasteiger partial charge in [0, 0.05) is 0 Å². The van der Waals surface area contributed by atoms with Crippen molar-refractivity contribution in [2.75, 3.05) is 6.61 Å². The maximum atomic E-state index is 10.6. The Kier molecular flexibility index (Phi) is 8.98. The molecule has 4 rings (SSSR count). The summed E-state index contributed by atoms with van der Waals surface area (Å²) < 4.78 is 6.13. The lowest BCUT2D eigenvalue weighted by atomic mass is 9.47. The summed E-state index contributed by atoms with van der Waals surface area (Å²) in [5, 5.41) is 18.3. The van der Waals surface area contributed by atoms with E-state index in [9.17, 15) is 9.90 Å². The molecule has 4 aliphatic rings. The van der Waals surface area contributed by atoms with E-state index in [2.05, 4.69) is 40.7 Å². The lowest BCUT2D eigenvalue weighted by molar-refractivity contribution is -0.131. The number of aliphatic carboxylic acids is 1. The van der Waals surface area contributed by atoms with Crippen molar-refractivity contribution >= 4 is 5.97 Å². The van der Waals surface area contributed by atoms with Crippen LogP contribution in [0.2, 0.25) is 0 Å². The first-order chi connectivity index (χ1) is 17.5. The standard InChI is InChI=1S/C33H52O4/c1-22(2)8-6-9-23(3)28-13-14-29-27-12-11-24-20-26(37-19-7-10-25(34)21-31(35)36)15-17-32(24,4)30(27)16-18-33(28,29)5/h7,10-11,21-23,26-30,34H,6,8-9,12-20H2,1-5H3,(H,35,36)/b10-7+,25-21-/t23-,26+,27?,28-,29?,30?,32+,33-/m1/s1. The lowest BCUT2D eigenvalue weighted by Gasteiger charge is -2.58. The average Bonchev–Trinajstić information content (AvgIpc) is 3.18. The molecule has 0 amide bonds. The molecule has 2 N–H and O–H groups in total. The Bertz CT molecular complexity index is 900. The van der Waals surface area contributed by atoms with E-state index in [0.717, 1.165) is 54.4 Å². The van der Waals surface area contributed by atoms with E-state index in [1.807, 2.05) is 0 Å². The van der Waals surface area contributed by atoms with E-state index >= 15 is 0 Å². The second kappa shape index (κ2) is 11.7. The fraction of sp³-hybridized carbons (Fsp3) is 0.788. The average molecular weight is 513 g/mol. The van der Waals surface area contributed by atoms with Gasteiger partial charge in [-0.3, -0.25) is 0 Å². The van der Waals surface area contributed by atoms with Crippen LogP contribution in [0, 0.1) is 46.3 Å². The number of allylic oxidation sites excluding steroid dienone is 2. The fourth-order valence-electron chi connectivity index (χ4n) is 9.33. The minimum absolute atomic E-state index is 0.211. The molecule has 4 nitrogen and oxygen atoms in total. The van der Waals surface area contributed by atoms with Crippen molar-refractivity contribution in [2.45, 2.75) is 111 Å². The van der Waals surface area contributed by atoms with Gasteiger partial charge in [0.1, 0.15) is 5.76 Å². The molecule has 0 aromatic rings. The van der Waals surface area contributed by atoms with Crippen molar-refractivity contribution < 1.29 is 19.7 Å². The first kappa shape index (κ1) is 28.5. The highest BCUT2D eigenvalue weighted by Crippen LogP contribution is 2.67. The Labute approximate surface area is 225 Å². The molecule has 3 unspecified atom stereocenters. The fourth-order valence-corrected chi connectivity index (χ4v) is 9.33. The maximum Gasteiger partial charge on any atom is 0.332 e. The van der Waals surface area contributed by atoms with Crippen LogP contribution in [0.3, 0.4) is 0 Å². The molecular formula is C33H52O4. The first-order valence-electron chi connectivity index (χ1n) is 15.2. The van der Waals surface area contributed by atoms with Crippen LogP contribution >= 0.6 is 0 Å². The van der Waals surface area contributed by atoms with Gasteiger partial charge in [0.25, 0.3) is 0 Å². The number of aliphatic hydroxyl groups excluding tert-OH is 1. The van der Waals surface area contributed by atoms with Crippen LogP contribution in [0.5, 0.6) is 0 Å². The largest absolute Gasteiger partial charge is 0.508 e. The minimum Gasteiger partial charge on any atom is -0.508 e. The van der Waals surface area contributed by atoms with Crippen LogP contribution in [-0.4, -0.2) is 28.9 Å². The Morgan fingerprint density at radius 1 is 1.08 bits per heavy atom. The summed E-state index contributed by atoms with van der Waals surface area (Å²) in [6.45, 7) is 12.9. The van der Waals surface area contributed by atoms with E-state index in [1.54, 1.807) is 11.6 Å². The highest BCUT2D eigenvalue weighted by Gasteiger charge is 2.59. The van der Waals surface area contributed by atoms with E-state index in [1.165, 1.54) is 63.9 Å². The molecule has 0 bridgehead atoms. The summed E-state index contributed by atoms with van der Waals surface area (Å²) in [5.74, 6) is 3.75. The van der Waals surface area contributed by atoms with Gasteiger partial charge in [-0.1, -0.05) is 71.6 Å². The molecule has 0 aromatic heterocycles. The second-order valence-corrected chi connectivity index (χ2v) is 13.8. The Balaban J connectivity index is 1.36. The van der Waals surface area contributed by atoms with E-state index in [0.29, 0.717) is 17.4 Å². The molecule has 8 atom stereocenters. The maximum absolute atomic E-state index is 10.6. The third kappa shape index (κ3) is 6.05. The van der Waals surface area contributed by atoms with Crippen molar-refractivity contribution in [3.8, 4) is 0 Å². The van der Waals surface area contributed by atoms with Crippen molar-refractivity contribution in [2.24, 2.45) is 46.3 Å². The normalized spacial score (nSPS) is 38.7. The summed E-state index contributed by atoms with van der Waals surface area (Å²) in [7, 11) is 0. The predicted molar refractivity (Wildman–Crippen MR) is 150 cm³/mol. The van der Waals surface area contributed by atoms with E-state index in [4.69, 9.17) is 9.84 Å². The molecule has 4 aliphatic carbocycles.